The van der Waals surface area contributed by atoms with Crippen LogP contribution in [0.15, 0.2) is 44.0 Å². The third-order valence-electron chi connectivity index (χ3n) is 1.80. The van der Waals surface area contributed by atoms with Gasteiger partial charge in [0.2, 0.25) is 0 Å². The quantitative estimate of drug-likeness (QED) is 0.775. The predicted octanol–water partition coefficient (Wildman–Crippen LogP) is 2.79. The Morgan fingerprint density at radius 2 is 1.86 bits per heavy atom. The first-order valence-electron chi connectivity index (χ1n) is 4.05. The Kier molecular flexibility index (Phi) is 2.54. The van der Waals surface area contributed by atoms with Crippen LogP contribution in [0, 0.1) is 0 Å². The molecule has 3 nitrogen and oxygen atoms in total. The summed E-state index contributed by atoms with van der Waals surface area (Å²) in [6.07, 6.45) is 0. The highest BCUT2D eigenvalue weighted by molar-refractivity contribution is 9.08. The second-order valence-electron chi connectivity index (χ2n) is 2.71. The molecular weight excluding hydrogens is 248 g/mol. The molecule has 0 aliphatic carbocycles. The first-order valence-corrected chi connectivity index (χ1v) is 5.17. The fourth-order valence-corrected chi connectivity index (χ4v) is 1.57. The van der Waals surface area contributed by atoms with E-state index in [4.69, 9.17) is 8.83 Å². The van der Waals surface area contributed by atoms with E-state index >= 15 is 0 Å². The van der Waals surface area contributed by atoms with E-state index in [0.717, 1.165) is 5.56 Å². The Hall–Kier alpha value is -1.29. The molecule has 2 aromatic rings. The van der Waals surface area contributed by atoms with Crippen LogP contribution in [-0.2, 0) is 5.33 Å². The van der Waals surface area contributed by atoms with Crippen molar-refractivity contribution in [1.82, 2.24) is 0 Å². The molecule has 1 aromatic heterocycles. The van der Waals surface area contributed by atoms with Gasteiger partial charge in [-0.1, -0.05) is 46.3 Å². The molecule has 0 spiro atoms. The SMILES string of the molecule is O=c1oc(CBr)c(-c2ccccc2)o1. The van der Waals surface area contributed by atoms with Gasteiger partial charge in [0.05, 0.1) is 5.33 Å². The molecule has 0 saturated heterocycles. The summed E-state index contributed by atoms with van der Waals surface area (Å²) in [5, 5.41) is 0.461. The van der Waals surface area contributed by atoms with Crippen molar-refractivity contribution < 1.29 is 8.83 Å². The van der Waals surface area contributed by atoms with Crippen LogP contribution >= 0.6 is 15.9 Å². The average Bonchev–Trinajstić information content (AvgIpc) is 2.61. The zero-order chi connectivity index (χ0) is 9.97. The lowest BCUT2D eigenvalue weighted by atomic mass is 10.1. The van der Waals surface area contributed by atoms with Gasteiger partial charge >= 0.3 is 5.82 Å². The summed E-state index contributed by atoms with van der Waals surface area (Å²) in [7, 11) is 0. The molecule has 0 atom stereocenters. The van der Waals surface area contributed by atoms with Crippen molar-refractivity contribution in [3.63, 3.8) is 0 Å². The number of benzene rings is 1. The lowest BCUT2D eigenvalue weighted by Crippen LogP contribution is -1.85. The van der Waals surface area contributed by atoms with E-state index in [0.29, 0.717) is 16.9 Å². The molecular formula is C10H7BrO3. The van der Waals surface area contributed by atoms with Gasteiger partial charge in [-0.25, -0.2) is 4.79 Å². The van der Waals surface area contributed by atoms with Crippen molar-refractivity contribution in [2.24, 2.45) is 0 Å². The lowest BCUT2D eigenvalue weighted by molar-refractivity contribution is 0.381. The molecule has 4 heteroatoms. The smallest absolute Gasteiger partial charge is 0.394 e. The molecule has 0 saturated carbocycles. The molecule has 0 unspecified atom stereocenters. The van der Waals surface area contributed by atoms with E-state index in [-0.39, 0.29) is 0 Å². The van der Waals surface area contributed by atoms with Crippen molar-refractivity contribution in [2.45, 2.75) is 5.33 Å². The zero-order valence-corrected chi connectivity index (χ0v) is 8.78. The summed E-state index contributed by atoms with van der Waals surface area (Å²) in [6.45, 7) is 0. The molecule has 2 rings (SSSR count). The predicted molar refractivity (Wildman–Crippen MR) is 55.3 cm³/mol. The average molecular weight is 255 g/mol. The monoisotopic (exact) mass is 254 g/mol. The van der Waals surface area contributed by atoms with Gasteiger partial charge in [0.15, 0.2) is 11.5 Å². The van der Waals surface area contributed by atoms with Gasteiger partial charge in [-0.3, -0.25) is 0 Å². The van der Waals surface area contributed by atoms with Crippen LogP contribution in [0.5, 0.6) is 0 Å². The molecule has 0 aliphatic rings. The van der Waals surface area contributed by atoms with Gasteiger partial charge in [-0.2, -0.15) is 0 Å². The summed E-state index contributed by atoms with van der Waals surface area (Å²) in [5.41, 5.74) is 0.841. The highest BCUT2D eigenvalue weighted by atomic mass is 79.9. The Bertz CT molecular complexity index is 470. The second-order valence-corrected chi connectivity index (χ2v) is 3.27. The summed E-state index contributed by atoms with van der Waals surface area (Å²) < 4.78 is 9.79. The van der Waals surface area contributed by atoms with Gasteiger partial charge in [0.1, 0.15) is 0 Å². The Morgan fingerprint density at radius 1 is 1.14 bits per heavy atom. The topological polar surface area (TPSA) is 43.4 Å². The highest BCUT2D eigenvalue weighted by Gasteiger charge is 2.12. The van der Waals surface area contributed by atoms with Crippen molar-refractivity contribution in [1.29, 1.82) is 0 Å². The molecule has 14 heavy (non-hydrogen) atoms. The highest BCUT2D eigenvalue weighted by Crippen LogP contribution is 2.23. The van der Waals surface area contributed by atoms with Gasteiger partial charge < -0.3 is 8.83 Å². The van der Waals surface area contributed by atoms with E-state index < -0.39 is 5.82 Å². The summed E-state index contributed by atoms with van der Waals surface area (Å²) in [5.74, 6) is 0.340. The number of halogens is 1. The maximum Gasteiger partial charge on any atom is 0.519 e. The van der Waals surface area contributed by atoms with Crippen molar-refractivity contribution in [3.8, 4) is 11.3 Å². The van der Waals surface area contributed by atoms with Crippen molar-refractivity contribution in [3.05, 3.63) is 46.7 Å². The van der Waals surface area contributed by atoms with Gasteiger partial charge in [-0.05, 0) is 0 Å². The van der Waals surface area contributed by atoms with Crippen LogP contribution in [0.1, 0.15) is 5.76 Å². The minimum atomic E-state index is -0.668. The van der Waals surface area contributed by atoms with Gasteiger partial charge in [0, 0.05) is 5.56 Å². The molecule has 0 radical (unpaired) electrons. The van der Waals surface area contributed by atoms with Crippen LogP contribution in [0.3, 0.4) is 0 Å². The molecule has 0 aliphatic heterocycles. The van der Waals surface area contributed by atoms with Crippen LogP contribution in [0.4, 0.5) is 0 Å². The molecule has 0 fully saturated rings. The standard InChI is InChI=1S/C10H7BrO3/c11-6-8-9(14-10(12)13-8)7-4-2-1-3-5-7/h1-5H,6H2. The lowest BCUT2D eigenvalue weighted by Gasteiger charge is -1.95. The van der Waals surface area contributed by atoms with E-state index in [1.54, 1.807) is 0 Å². The summed E-state index contributed by atoms with van der Waals surface area (Å²) in [4.78, 5) is 10.9. The number of hydrogen-bond acceptors (Lipinski definition) is 3. The normalized spacial score (nSPS) is 10.4. The fourth-order valence-electron chi connectivity index (χ4n) is 1.21. The van der Waals surface area contributed by atoms with Crippen LogP contribution in [0.25, 0.3) is 11.3 Å². The molecule has 1 aromatic carbocycles. The van der Waals surface area contributed by atoms with E-state index in [1.165, 1.54) is 0 Å². The summed E-state index contributed by atoms with van der Waals surface area (Å²) in [6, 6.07) is 9.37. The number of hydrogen-bond donors (Lipinski definition) is 0. The molecule has 0 amide bonds. The van der Waals surface area contributed by atoms with Crippen molar-refractivity contribution >= 4 is 15.9 Å². The minimum absolute atomic E-state index is 0.461. The van der Waals surface area contributed by atoms with Crippen molar-refractivity contribution in [2.75, 3.05) is 0 Å². The number of alkyl halides is 1. The summed E-state index contributed by atoms with van der Waals surface area (Å²) >= 11 is 3.23. The Balaban J connectivity index is 2.56. The first-order chi connectivity index (χ1) is 6.81. The third-order valence-corrected chi connectivity index (χ3v) is 2.31. The van der Waals surface area contributed by atoms with Gasteiger partial charge in [0.25, 0.3) is 0 Å². The molecule has 1 heterocycles. The van der Waals surface area contributed by atoms with E-state index in [9.17, 15) is 4.79 Å². The maximum atomic E-state index is 10.9. The fraction of sp³-hybridized carbons (Fsp3) is 0.100. The second kappa shape index (κ2) is 3.84. The first kappa shape index (κ1) is 9.27. The van der Waals surface area contributed by atoms with Gasteiger partial charge in [-0.15, -0.1) is 0 Å². The van der Waals surface area contributed by atoms with Crippen LogP contribution in [0.2, 0.25) is 0 Å². The van der Waals surface area contributed by atoms with Crippen LogP contribution < -0.4 is 5.82 Å². The molecule has 0 bridgehead atoms. The number of rotatable bonds is 2. The molecule has 0 N–H and O–H groups in total. The minimum Gasteiger partial charge on any atom is -0.394 e. The Morgan fingerprint density at radius 3 is 2.50 bits per heavy atom. The largest absolute Gasteiger partial charge is 0.519 e. The molecule has 72 valence electrons. The maximum absolute atomic E-state index is 10.9. The van der Waals surface area contributed by atoms with E-state index in [1.807, 2.05) is 30.3 Å². The van der Waals surface area contributed by atoms with E-state index in [2.05, 4.69) is 15.9 Å². The van der Waals surface area contributed by atoms with Crippen LogP contribution in [-0.4, -0.2) is 0 Å². The zero-order valence-electron chi connectivity index (χ0n) is 7.20. The third kappa shape index (κ3) is 1.65. The Labute approximate surface area is 88.5 Å².